The smallest absolute Gasteiger partial charge is 0.232 e. The highest BCUT2D eigenvalue weighted by atomic mass is 32.1. The monoisotopic (exact) mass is 373 g/mol. The minimum absolute atomic E-state index is 0.0915. The number of hydrogen-bond donors (Lipinski definition) is 0. The number of thiophene rings is 1. The van der Waals surface area contributed by atoms with E-state index in [9.17, 15) is 4.79 Å². The van der Waals surface area contributed by atoms with Crippen molar-refractivity contribution in [1.29, 1.82) is 0 Å². The van der Waals surface area contributed by atoms with Crippen LogP contribution >= 0.6 is 11.3 Å². The predicted molar refractivity (Wildman–Crippen MR) is 98.2 cm³/mol. The van der Waals surface area contributed by atoms with E-state index in [0.29, 0.717) is 18.9 Å². The Morgan fingerprint density at radius 1 is 1.38 bits per heavy atom. The summed E-state index contributed by atoms with van der Waals surface area (Å²) in [5.41, 5.74) is -0.176. The summed E-state index contributed by atoms with van der Waals surface area (Å²) < 4.78 is 12.2. The van der Waals surface area contributed by atoms with Gasteiger partial charge in [-0.1, -0.05) is 6.07 Å². The van der Waals surface area contributed by atoms with Crippen molar-refractivity contribution >= 4 is 17.2 Å². The molecule has 0 bridgehead atoms. The molecule has 2 saturated heterocycles. The number of aromatic nitrogens is 2. The largest absolute Gasteiger partial charge is 0.473 e. The fraction of sp³-hybridized carbons (Fsp3) is 0.526. The van der Waals surface area contributed by atoms with Gasteiger partial charge in [0.2, 0.25) is 11.8 Å². The third kappa shape index (κ3) is 4.04. The van der Waals surface area contributed by atoms with E-state index in [-0.39, 0.29) is 17.6 Å². The summed E-state index contributed by atoms with van der Waals surface area (Å²) in [6, 6.07) is 4.01. The molecule has 26 heavy (non-hydrogen) atoms. The van der Waals surface area contributed by atoms with Gasteiger partial charge < -0.3 is 14.4 Å². The lowest BCUT2D eigenvalue weighted by atomic mass is 9.83. The summed E-state index contributed by atoms with van der Waals surface area (Å²) in [5.74, 6) is 0.781. The van der Waals surface area contributed by atoms with Gasteiger partial charge in [-0.25, -0.2) is 4.98 Å². The Morgan fingerprint density at radius 3 is 3.00 bits per heavy atom. The molecule has 0 saturated carbocycles. The zero-order chi connectivity index (χ0) is 17.8. The summed E-state index contributed by atoms with van der Waals surface area (Å²) in [5, 5.41) is 2.01. The van der Waals surface area contributed by atoms with Gasteiger partial charge in [0, 0.05) is 43.2 Å². The zero-order valence-electron chi connectivity index (χ0n) is 14.7. The molecule has 7 heteroatoms. The van der Waals surface area contributed by atoms with Crippen LogP contribution in [0.3, 0.4) is 0 Å². The molecule has 0 aromatic carbocycles. The molecule has 2 aliphatic rings. The van der Waals surface area contributed by atoms with E-state index in [2.05, 4.69) is 9.97 Å². The molecule has 2 aromatic heterocycles. The van der Waals surface area contributed by atoms with Crippen molar-refractivity contribution in [3.63, 3.8) is 0 Å². The van der Waals surface area contributed by atoms with Gasteiger partial charge in [-0.05, 0) is 24.3 Å². The predicted octanol–water partition coefficient (Wildman–Crippen LogP) is 2.70. The zero-order valence-corrected chi connectivity index (χ0v) is 15.5. The average molecular weight is 373 g/mol. The van der Waals surface area contributed by atoms with Crippen LogP contribution in [0.4, 0.5) is 0 Å². The van der Waals surface area contributed by atoms with Gasteiger partial charge >= 0.3 is 0 Å². The first-order valence-corrected chi connectivity index (χ1v) is 9.97. The summed E-state index contributed by atoms with van der Waals surface area (Å²) in [6.45, 7) is 2.19. The molecule has 0 N–H and O–H groups in total. The van der Waals surface area contributed by atoms with Crippen molar-refractivity contribution in [1.82, 2.24) is 14.9 Å². The molecule has 1 unspecified atom stereocenters. The van der Waals surface area contributed by atoms with E-state index >= 15 is 0 Å². The number of nitrogens with zero attached hydrogens (tertiary/aromatic N) is 3. The maximum atomic E-state index is 12.5. The second kappa shape index (κ2) is 7.72. The molecule has 4 heterocycles. The first-order chi connectivity index (χ1) is 12.7. The third-order valence-corrected chi connectivity index (χ3v) is 6.08. The lowest BCUT2D eigenvalue weighted by Crippen LogP contribution is -2.52. The van der Waals surface area contributed by atoms with Gasteiger partial charge in [-0.15, -0.1) is 11.3 Å². The quantitative estimate of drug-likeness (QED) is 0.824. The normalized spacial score (nSPS) is 22.3. The fourth-order valence-corrected chi connectivity index (χ4v) is 4.48. The van der Waals surface area contributed by atoms with Crippen LogP contribution in [0, 0.1) is 0 Å². The topological polar surface area (TPSA) is 64.6 Å². The molecular formula is C19H23N3O3S. The van der Waals surface area contributed by atoms with E-state index in [0.717, 1.165) is 43.6 Å². The van der Waals surface area contributed by atoms with E-state index in [1.807, 2.05) is 22.4 Å². The summed E-state index contributed by atoms with van der Waals surface area (Å²) >= 11 is 1.64. The van der Waals surface area contributed by atoms with Crippen LogP contribution in [-0.2, 0) is 16.0 Å². The highest BCUT2D eigenvalue weighted by Gasteiger charge is 2.42. The molecule has 2 fully saturated rings. The van der Waals surface area contributed by atoms with Crippen molar-refractivity contribution in [2.24, 2.45) is 0 Å². The number of carbonyl (C=O) groups is 1. The average Bonchev–Trinajstić information content (AvgIpc) is 3.16. The summed E-state index contributed by atoms with van der Waals surface area (Å²) in [4.78, 5) is 23.8. The van der Waals surface area contributed by atoms with Crippen LogP contribution in [0.15, 0.2) is 36.1 Å². The lowest BCUT2D eigenvalue weighted by molar-refractivity contribution is -0.151. The molecule has 1 spiro atoms. The highest BCUT2D eigenvalue weighted by molar-refractivity contribution is 7.10. The van der Waals surface area contributed by atoms with Crippen LogP contribution < -0.4 is 4.74 Å². The fourth-order valence-electron chi connectivity index (χ4n) is 3.79. The number of piperidine rings is 1. The molecular weight excluding hydrogens is 350 g/mol. The Balaban J connectivity index is 1.31. The van der Waals surface area contributed by atoms with Crippen molar-refractivity contribution < 1.29 is 14.3 Å². The van der Waals surface area contributed by atoms with Crippen LogP contribution in [-0.4, -0.2) is 52.2 Å². The van der Waals surface area contributed by atoms with E-state index in [4.69, 9.17) is 9.47 Å². The van der Waals surface area contributed by atoms with Gasteiger partial charge in [-0.3, -0.25) is 9.78 Å². The van der Waals surface area contributed by atoms with E-state index in [1.165, 1.54) is 0 Å². The van der Waals surface area contributed by atoms with Gasteiger partial charge in [0.05, 0.1) is 24.8 Å². The highest BCUT2D eigenvalue weighted by Crippen LogP contribution is 2.36. The molecule has 2 aromatic rings. The molecule has 0 aliphatic carbocycles. The molecule has 4 rings (SSSR count). The molecule has 2 aliphatic heterocycles. The molecule has 1 atom stereocenters. The van der Waals surface area contributed by atoms with Crippen LogP contribution in [0.1, 0.15) is 30.6 Å². The Hall–Kier alpha value is -1.99. The SMILES string of the molecule is O=C(Cc1cccs1)N1CCC2(CC1)CC(Oc1cnccn1)CCO2. The third-order valence-electron chi connectivity index (χ3n) is 5.21. The molecule has 0 radical (unpaired) electrons. The van der Waals surface area contributed by atoms with Crippen molar-refractivity contribution in [3.8, 4) is 5.88 Å². The first-order valence-electron chi connectivity index (χ1n) is 9.09. The van der Waals surface area contributed by atoms with Crippen LogP contribution in [0.5, 0.6) is 5.88 Å². The summed E-state index contributed by atoms with van der Waals surface area (Å²) in [7, 11) is 0. The standard InChI is InChI=1S/C19H23N3O3S/c23-18(12-16-2-1-11-26-16)22-8-4-19(5-9-22)13-15(3-10-24-19)25-17-14-20-6-7-21-17/h1-2,6-7,11,14-15H,3-5,8-10,12-13H2. The number of amides is 1. The van der Waals surface area contributed by atoms with E-state index < -0.39 is 0 Å². The Morgan fingerprint density at radius 2 is 2.27 bits per heavy atom. The number of ether oxygens (including phenoxy) is 2. The van der Waals surface area contributed by atoms with Gasteiger partial charge in [0.25, 0.3) is 0 Å². The summed E-state index contributed by atoms with van der Waals surface area (Å²) in [6.07, 6.45) is 8.96. The number of hydrogen-bond acceptors (Lipinski definition) is 6. The Kier molecular flexibility index (Phi) is 5.17. The second-order valence-corrected chi connectivity index (χ2v) is 7.98. The van der Waals surface area contributed by atoms with Crippen LogP contribution in [0.25, 0.3) is 0 Å². The van der Waals surface area contributed by atoms with Gasteiger partial charge in [0.1, 0.15) is 6.10 Å². The minimum Gasteiger partial charge on any atom is -0.473 e. The maximum absolute atomic E-state index is 12.5. The minimum atomic E-state index is -0.176. The second-order valence-electron chi connectivity index (χ2n) is 6.94. The molecule has 6 nitrogen and oxygen atoms in total. The first kappa shape index (κ1) is 17.4. The van der Waals surface area contributed by atoms with Crippen molar-refractivity contribution in [2.75, 3.05) is 19.7 Å². The molecule has 138 valence electrons. The van der Waals surface area contributed by atoms with Crippen molar-refractivity contribution in [2.45, 2.75) is 43.8 Å². The van der Waals surface area contributed by atoms with Crippen LogP contribution in [0.2, 0.25) is 0 Å². The maximum Gasteiger partial charge on any atom is 0.232 e. The van der Waals surface area contributed by atoms with Crippen molar-refractivity contribution in [3.05, 3.63) is 41.0 Å². The van der Waals surface area contributed by atoms with E-state index in [1.54, 1.807) is 29.9 Å². The Bertz CT molecular complexity index is 715. The number of carbonyl (C=O) groups excluding carboxylic acids is 1. The Labute approximate surface area is 157 Å². The van der Waals surface area contributed by atoms with Gasteiger partial charge in [-0.2, -0.15) is 0 Å². The molecule has 1 amide bonds. The number of likely N-dealkylation sites (tertiary alicyclic amines) is 1. The number of rotatable bonds is 4. The lowest BCUT2D eigenvalue weighted by Gasteiger charge is -2.45. The van der Waals surface area contributed by atoms with Gasteiger partial charge in [0.15, 0.2) is 0 Å².